The Kier molecular flexibility index (Phi) is 5.95. The van der Waals surface area contributed by atoms with Crippen LogP contribution in [0, 0.1) is 5.92 Å². The van der Waals surface area contributed by atoms with Gasteiger partial charge in [-0.05, 0) is 12.3 Å². The van der Waals surface area contributed by atoms with Crippen LogP contribution in [0.4, 0.5) is 0 Å². The van der Waals surface area contributed by atoms with Gasteiger partial charge in [0.25, 0.3) is 0 Å². The smallest absolute Gasteiger partial charge is 0.242 e. The van der Waals surface area contributed by atoms with Crippen LogP contribution in [0.2, 0.25) is 0 Å². The maximum atomic E-state index is 11.9. The van der Waals surface area contributed by atoms with Gasteiger partial charge in [0.15, 0.2) is 0 Å². The van der Waals surface area contributed by atoms with Gasteiger partial charge in [0.2, 0.25) is 11.8 Å². The fraction of sp³-hybridized carbons (Fsp3) is 0.833. The van der Waals surface area contributed by atoms with Crippen LogP contribution in [-0.4, -0.2) is 53.1 Å². The Morgan fingerprint density at radius 1 is 1.18 bits per heavy atom. The van der Waals surface area contributed by atoms with Crippen molar-refractivity contribution in [2.24, 2.45) is 5.92 Å². The molecule has 0 N–H and O–H groups in total. The first-order chi connectivity index (χ1) is 8.12. The van der Waals surface area contributed by atoms with Crippen molar-refractivity contribution < 1.29 is 9.59 Å². The van der Waals surface area contributed by atoms with Gasteiger partial charge in [0, 0.05) is 18.4 Å². The Balaban J connectivity index is 2.54. The predicted molar refractivity (Wildman–Crippen MR) is 71.0 cm³/mol. The zero-order chi connectivity index (χ0) is 12.8. The van der Waals surface area contributed by atoms with Gasteiger partial charge in [-0.2, -0.15) is 0 Å². The fourth-order valence-electron chi connectivity index (χ4n) is 1.94. The summed E-state index contributed by atoms with van der Waals surface area (Å²) in [6, 6.07) is 0. The zero-order valence-corrected chi connectivity index (χ0v) is 12.2. The molecule has 1 fully saturated rings. The normalized spacial score (nSPS) is 18.8. The van der Waals surface area contributed by atoms with E-state index in [0.717, 1.165) is 18.2 Å². The highest BCUT2D eigenvalue weighted by Crippen LogP contribution is 2.12. The van der Waals surface area contributed by atoms with E-state index < -0.39 is 0 Å². The summed E-state index contributed by atoms with van der Waals surface area (Å²) < 4.78 is 0. The van der Waals surface area contributed by atoms with Gasteiger partial charge in [-0.15, -0.1) is 0 Å². The van der Waals surface area contributed by atoms with Crippen molar-refractivity contribution >= 4 is 27.7 Å². The molecule has 1 rings (SSSR count). The third kappa shape index (κ3) is 3.98. The second-order valence-electron chi connectivity index (χ2n) is 4.52. The third-order valence-electron chi connectivity index (χ3n) is 3.13. The molecule has 0 saturated carbocycles. The summed E-state index contributed by atoms with van der Waals surface area (Å²) in [7, 11) is 0. The molecule has 17 heavy (non-hydrogen) atoms. The molecule has 1 heterocycles. The number of carbonyl (C=O) groups excluding carboxylic acids is 2. The topological polar surface area (TPSA) is 40.6 Å². The van der Waals surface area contributed by atoms with Crippen molar-refractivity contribution in [2.75, 3.05) is 31.5 Å². The second kappa shape index (κ2) is 6.99. The van der Waals surface area contributed by atoms with E-state index in [0.29, 0.717) is 19.0 Å². The summed E-state index contributed by atoms with van der Waals surface area (Å²) >= 11 is 3.44. The van der Waals surface area contributed by atoms with Crippen molar-refractivity contribution in [3.8, 4) is 0 Å². The Morgan fingerprint density at radius 2 is 1.76 bits per heavy atom. The Bertz CT molecular complexity index is 280. The summed E-state index contributed by atoms with van der Waals surface area (Å²) in [5.74, 6) is 0.595. The molecule has 0 aromatic heterocycles. The van der Waals surface area contributed by atoms with Crippen LogP contribution in [-0.2, 0) is 9.59 Å². The van der Waals surface area contributed by atoms with E-state index in [9.17, 15) is 9.59 Å². The van der Waals surface area contributed by atoms with Crippen LogP contribution >= 0.6 is 15.9 Å². The summed E-state index contributed by atoms with van der Waals surface area (Å²) in [5.41, 5.74) is 0. The van der Waals surface area contributed by atoms with Crippen LogP contribution in [0.1, 0.15) is 26.7 Å². The summed E-state index contributed by atoms with van der Waals surface area (Å²) in [4.78, 5) is 27.1. The molecule has 0 bridgehead atoms. The molecule has 1 atom stereocenters. The monoisotopic (exact) mass is 304 g/mol. The van der Waals surface area contributed by atoms with E-state index in [1.54, 1.807) is 9.80 Å². The molecule has 1 aliphatic rings. The first-order valence-corrected chi connectivity index (χ1v) is 7.36. The van der Waals surface area contributed by atoms with E-state index in [2.05, 4.69) is 22.9 Å². The molecule has 0 aromatic rings. The van der Waals surface area contributed by atoms with E-state index in [1.807, 2.05) is 6.92 Å². The third-order valence-corrected chi connectivity index (χ3v) is 4.04. The Hall–Kier alpha value is -0.580. The van der Waals surface area contributed by atoms with Gasteiger partial charge < -0.3 is 9.80 Å². The molecule has 2 amide bonds. The number of rotatable bonds is 6. The van der Waals surface area contributed by atoms with Crippen molar-refractivity contribution in [1.82, 2.24) is 9.80 Å². The van der Waals surface area contributed by atoms with Crippen molar-refractivity contribution in [2.45, 2.75) is 26.7 Å². The van der Waals surface area contributed by atoms with Gasteiger partial charge in [-0.3, -0.25) is 9.59 Å². The maximum absolute atomic E-state index is 11.9. The SMILES string of the molecule is CCCN1CC(=O)N(CC(CC)CBr)CC1=O. The zero-order valence-electron chi connectivity index (χ0n) is 10.6. The Morgan fingerprint density at radius 3 is 2.29 bits per heavy atom. The van der Waals surface area contributed by atoms with Crippen LogP contribution in [0.15, 0.2) is 0 Å². The standard InChI is InChI=1S/C12H21BrN2O2/c1-3-5-14-8-12(17)15(9-11(14)16)7-10(4-2)6-13/h10H,3-9H2,1-2H3. The number of alkyl halides is 1. The number of amides is 2. The largest absolute Gasteiger partial charge is 0.332 e. The molecule has 1 saturated heterocycles. The molecule has 1 unspecified atom stereocenters. The molecule has 0 aliphatic carbocycles. The molecule has 1 aliphatic heterocycles. The molecule has 0 aromatic carbocycles. The molecule has 0 spiro atoms. The summed E-state index contributed by atoms with van der Waals surface area (Å²) in [6.45, 7) is 6.00. The van der Waals surface area contributed by atoms with Crippen molar-refractivity contribution in [3.05, 3.63) is 0 Å². The Labute approximate surface area is 111 Å². The lowest BCUT2D eigenvalue weighted by molar-refractivity contribution is -0.150. The fourth-order valence-corrected chi connectivity index (χ4v) is 2.60. The summed E-state index contributed by atoms with van der Waals surface area (Å²) in [5, 5.41) is 0.875. The van der Waals surface area contributed by atoms with E-state index in [4.69, 9.17) is 0 Å². The number of halogens is 1. The number of carbonyl (C=O) groups is 2. The first kappa shape index (κ1) is 14.5. The second-order valence-corrected chi connectivity index (χ2v) is 5.17. The van der Waals surface area contributed by atoms with Crippen molar-refractivity contribution in [1.29, 1.82) is 0 Å². The maximum Gasteiger partial charge on any atom is 0.242 e. The number of hydrogen-bond acceptors (Lipinski definition) is 2. The lowest BCUT2D eigenvalue weighted by Crippen LogP contribution is -2.54. The van der Waals surface area contributed by atoms with E-state index in [-0.39, 0.29) is 24.9 Å². The van der Waals surface area contributed by atoms with E-state index >= 15 is 0 Å². The lowest BCUT2D eigenvalue weighted by Gasteiger charge is -2.35. The number of hydrogen-bond donors (Lipinski definition) is 0. The van der Waals surface area contributed by atoms with Gasteiger partial charge in [0.05, 0.1) is 13.1 Å². The number of nitrogens with zero attached hydrogens (tertiary/aromatic N) is 2. The van der Waals surface area contributed by atoms with Crippen LogP contribution in [0.25, 0.3) is 0 Å². The quantitative estimate of drug-likeness (QED) is 0.698. The molecular weight excluding hydrogens is 284 g/mol. The molecule has 98 valence electrons. The highest BCUT2D eigenvalue weighted by atomic mass is 79.9. The average molecular weight is 305 g/mol. The van der Waals surface area contributed by atoms with Gasteiger partial charge in [-0.25, -0.2) is 0 Å². The van der Waals surface area contributed by atoms with Gasteiger partial charge in [-0.1, -0.05) is 36.2 Å². The minimum atomic E-state index is 0.0795. The van der Waals surface area contributed by atoms with Gasteiger partial charge >= 0.3 is 0 Å². The lowest BCUT2D eigenvalue weighted by atomic mass is 10.1. The molecule has 4 nitrogen and oxygen atoms in total. The minimum absolute atomic E-state index is 0.0795. The van der Waals surface area contributed by atoms with E-state index in [1.165, 1.54) is 0 Å². The van der Waals surface area contributed by atoms with Crippen LogP contribution < -0.4 is 0 Å². The molecule has 5 heteroatoms. The van der Waals surface area contributed by atoms with Gasteiger partial charge in [0.1, 0.15) is 0 Å². The van der Waals surface area contributed by atoms with Crippen LogP contribution in [0.5, 0.6) is 0 Å². The minimum Gasteiger partial charge on any atom is -0.332 e. The first-order valence-electron chi connectivity index (χ1n) is 6.23. The highest BCUT2D eigenvalue weighted by molar-refractivity contribution is 9.09. The predicted octanol–water partition coefficient (Wildman–Crippen LogP) is 1.49. The highest BCUT2D eigenvalue weighted by Gasteiger charge is 2.30. The molecular formula is C12H21BrN2O2. The number of piperazine rings is 1. The van der Waals surface area contributed by atoms with Crippen LogP contribution in [0.3, 0.4) is 0 Å². The average Bonchev–Trinajstić information content (AvgIpc) is 2.32. The molecule has 0 radical (unpaired) electrons. The summed E-state index contributed by atoms with van der Waals surface area (Å²) in [6.07, 6.45) is 1.92. The van der Waals surface area contributed by atoms with Crippen molar-refractivity contribution in [3.63, 3.8) is 0 Å².